The van der Waals surface area contributed by atoms with Crippen molar-refractivity contribution in [1.29, 1.82) is 0 Å². The first-order valence-corrected chi connectivity index (χ1v) is 4.61. The molecule has 80 valence electrons. The minimum Gasteiger partial charge on any atom is -0.394 e. The molecular weight excluding hydrogens is 182 g/mol. The van der Waals surface area contributed by atoms with Crippen LogP contribution in [0.4, 0.5) is 0 Å². The molecule has 14 heavy (non-hydrogen) atoms. The molecule has 0 aliphatic carbocycles. The van der Waals surface area contributed by atoms with Crippen LogP contribution in [0.1, 0.15) is 38.5 Å². The lowest BCUT2D eigenvalue weighted by Gasteiger charge is -2.14. The van der Waals surface area contributed by atoms with Crippen molar-refractivity contribution in [3.63, 3.8) is 0 Å². The third kappa shape index (κ3) is 3.08. The van der Waals surface area contributed by atoms with Gasteiger partial charge in [-0.3, -0.25) is 0 Å². The van der Waals surface area contributed by atoms with E-state index in [0.29, 0.717) is 11.7 Å². The average Bonchev–Trinajstić information content (AvgIpc) is 2.48. The van der Waals surface area contributed by atoms with E-state index in [9.17, 15) is 0 Å². The van der Waals surface area contributed by atoms with E-state index in [4.69, 9.17) is 15.4 Å². The summed E-state index contributed by atoms with van der Waals surface area (Å²) in [6, 6.07) is -0.573. The summed E-state index contributed by atoms with van der Waals surface area (Å²) in [5, 5.41) is 12.6. The maximum Gasteiger partial charge on any atom is 0.245 e. The molecule has 5 heteroatoms. The number of hydrogen-bond acceptors (Lipinski definition) is 5. The minimum absolute atomic E-state index is 0.116. The second kappa shape index (κ2) is 4.06. The molecule has 0 saturated heterocycles. The fraction of sp³-hybridized carbons (Fsp3) is 0.778. The Hall–Kier alpha value is -0.940. The van der Waals surface area contributed by atoms with E-state index in [-0.39, 0.29) is 12.0 Å². The van der Waals surface area contributed by atoms with Crippen LogP contribution in [-0.4, -0.2) is 21.9 Å². The van der Waals surface area contributed by atoms with Gasteiger partial charge in [0, 0.05) is 6.42 Å². The second-order valence-electron chi connectivity index (χ2n) is 4.58. The van der Waals surface area contributed by atoms with E-state index in [0.717, 1.165) is 6.42 Å². The van der Waals surface area contributed by atoms with Crippen molar-refractivity contribution in [3.05, 3.63) is 11.7 Å². The molecule has 5 nitrogen and oxygen atoms in total. The standard InChI is InChI=1S/C9H17N3O2/c1-9(2,3)4-7-11-8(14-12-7)6(10)5-13/h6,13H,4-5,10H2,1-3H3. The van der Waals surface area contributed by atoms with Gasteiger partial charge in [0.2, 0.25) is 5.89 Å². The van der Waals surface area contributed by atoms with Crippen LogP contribution in [-0.2, 0) is 6.42 Å². The summed E-state index contributed by atoms with van der Waals surface area (Å²) >= 11 is 0. The Morgan fingerprint density at radius 1 is 1.50 bits per heavy atom. The van der Waals surface area contributed by atoms with E-state index in [1.54, 1.807) is 0 Å². The Bertz CT molecular complexity index is 290. The molecule has 1 heterocycles. The summed E-state index contributed by atoms with van der Waals surface area (Å²) in [5.74, 6) is 0.933. The van der Waals surface area contributed by atoms with Crippen LogP contribution in [0.3, 0.4) is 0 Å². The van der Waals surface area contributed by atoms with E-state index in [1.807, 2.05) is 0 Å². The lowest BCUT2D eigenvalue weighted by molar-refractivity contribution is 0.236. The maximum absolute atomic E-state index is 8.78. The lowest BCUT2D eigenvalue weighted by atomic mass is 9.92. The van der Waals surface area contributed by atoms with Gasteiger partial charge in [0.1, 0.15) is 6.04 Å². The smallest absolute Gasteiger partial charge is 0.245 e. The quantitative estimate of drug-likeness (QED) is 0.746. The highest BCUT2D eigenvalue weighted by Gasteiger charge is 2.18. The molecular formula is C9H17N3O2. The molecule has 0 aliphatic heterocycles. The second-order valence-corrected chi connectivity index (χ2v) is 4.58. The van der Waals surface area contributed by atoms with E-state index < -0.39 is 6.04 Å². The molecule has 0 aliphatic rings. The van der Waals surface area contributed by atoms with Crippen molar-refractivity contribution in [2.24, 2.45) is 11.1 Å². The predicted octanol–water partition coefficient (Wildman–Crippen LogP) is 0.650. The fourth-order valence-corrected chi connectivity index (χ4v) is 1.04. The monoisotopic (exact) mass is 199 g/mol. The maximum atomic E-state index is 8.78. The normalized spacial score (nSPS) is 14.4. The van der Waals surface area contributed by atoms with Crippen molar-refractivity contribution in [1.82, 2.24) is 10.1 Å². The average molecular weight is 199 g/mol. The summed E-state index contributed by atoms with van der Waals surface area (Å²) in [4.78, 5) is 4.10. The van der Waals surface area contributed by atoms with Crippen LogP contribution in [0, 0.1) is 5.41 Å². The molecule has 0 radical (unpaired) electrons. The van der Waals surface area contributed by atoms with E-state index in [1.165, 1.54) is 0 Å². The topological polar surface area (TPSA) is 85.2 Å². The lowest BCUT2D eigenvalue weighted by Crippen LogP contribution is -2.15. The number of aromatic nitrogens is 2. The van der Waals surface area contributed by atoms with Crippen molar-refractivity contribution in [3.8, 4) is 0 Å². The van der Waals surface area contributed by atoms with Crippen LogP contribution >= 0.6 is 0 Å². The van der Waals surface area contributed by atoms with Gasteiger partial charge in [-0.15, -0.1) is 0 Å². The number of aliphatic hydroxyl groups excluding tert-OH is 1. The first kappa shape index (κ1) is 11.1. The van der Waals surface area contributed by atoms with Crippen molar-refractivity contribution in [2.75, 3.05) is 6.61 Å². The molecule has 1 atom stereocenters. The van der Waals surface area contributed by atoms with Gasteiger partial charge in [-0.1, -0.05) is 25.9 Å². The Balaban J connectivity index is 2.69. The molecule has 0 amide bonds. The van der Waals surface area contributed by atoms with Crippen molar-refractivity contribution in [2.45, 2.75) is 33.2 Å². The van der Waals surface area contributed by atoms with Crippen LogP contribution < -0.4 is 5.73 Å². The Morgan fingerprint density at radius 2 is 2.14 bits per heavy atom. The number of nitrogens with two attached hydrogens (primary N) is 1. The number of aliphatic hydroxyl groups is 1. The molecule has 3 N–H and O–H groups in total. The Morgan fingerprint density at radius 3 is 2.64 bits per heavy atom. The Kier molecular flexibility index (Phi) is 3.23. The largest absolute Gasteiger partial charge is 0.394 e. The van der Waals surface area contributed by atoms with Gasteiger partial charge in [0.05, 0.1) is 6.61 Å². The summed E-state index contributed by atoms with van der Waals surface area (Å²) in [5.41, 5.74) is 5.64. The first-order chi connectivity index (χ1) is 6.42. The molecule has 0 aromatic carbocycles. The number of hydrogen-bond donors (Lipinski definition) is 2. The van der Waals surface area contributed by atoms with Crippen LogP contribution in [0.2, 0.25) is 0 Å². The molecule has 1 unspecified atom stereocenters. The van der Waals surface area contributed by atoms with Gasteiger partial charge in [0.25, 0.3) is 0 Å². The third-order valence-corrected chi connectivity index (χ3v) is 1.69. The fourth-order valence-electron chi connectivity index (χ4n) is 1.04. The number of nitrogens with zero attached hydrogens (tertiary/aromatic N) is 2. The van der Waals surface area contributed by atoms with Crippen LogP contribution in [0.25, 0.3) is 0 Å². The third-order valence-electron chi connectivity index (χ3n) is 1.69. The zero-order chi connectivity index (χ0) is 10.8. The molecule has 0 spiro atoms. The van der Waals surface area contributed by atoms with Gasteiger partial charge >= 0.3 is 0 Å². The van der Waals surface area contributed by atoms with Crippen LogP contribution in [0.15, 0.2) is 4.52 Å². The molecule has 0 bridgehead atoms. The molecule has 1 aromatic rings. The first-order valence-electron chi connectivity index (χ1n) is 4.61. The highest BCUT2D eigenvalue weighted by Crippen LogP contribution is 2.19. The molecule has 1 rings (SSSR count). The van der Waals surface area contributed by atoms with Crippen molar-refractivity contribution < 1.29 is 9.63 Å². The summed E-state index contributed by atoms with van der Waals surface area (Å²) < 4.78 is 4.92. The zero-order valence-electron chi connectivity index (χ0n) is 8.82. The summed E-state index contributed by atoms with van der Waals surface area (Å²) in [6.07, 6.45) is 0.731. The van der Waals surface area contributed by atoms with Gasteiger partial charge in [0.15, 0.2) is 5.82 Å². The van der Waals surface area contributed by atoms with Gasteiger partial charge in [-0.2, -0.15) is 4.98 Å². The SMILES string of the molecule is CC(C)(C)Cc1noc(C(N)CO)n1. The van der Waals surface area contributed by atoms with E-state index >= 15 is 0 Å². The van der Waals surface area contributed by atoms with Gasteiger partial charge < -0.3 is 15.4 Å². The highest BCUT2D eigenvalue weighted by atomic mass is 16.5. The molecule has 0 saturated carbocycles. The van der Waals surface area contributed by atoms with Gasteiger partial charge in [-0.25, -0.2) is 0 Å². The van der Waals surface area contributed by atoms with Crippen molar-refractivity contribution >= 4 is 0 Å². The summed E-state index contributed by atoms with van der Waals surface area (Å²) in [6.45, 7) is 6.09. The van der Waals surface area contributed by atoms with E-state index in [2.05, 4.69) is 30.9 Å². The zero-order valence-corrected chi connectivity index (χ0v) is 8.82. The predicted molar refractivity (Wildman–Crippen MR) is 51.5 cm³/mol. The van der Waals surface area contributed by atoms with Crippen LogP contribution in [0.5, 0.6) is 0 Å². The van der Waals surface area contributed by atoms with Gasteiger partial charge in [-0.05, 0) is 5.41 Å². The highest BCUT2D eigenvalue weighted by molar-refractivity contribution is 4.93. The molecule has 0 fully saturated rings. The number of rotatable bonds is 3. The molecule has 1 aromatic heterocycles. The minimum atomic E-state index is -0.573. The Labute approximate surface area is 83.3 Å². The summed E-state index contributed by atoms with van der Waals surface area (Å²) in [7, 11) is 0.